The van der Waals surface area contributed by atoms with Gasteiger partial charge < -0.3 is 9.64 Å². The fraction of sp³-hybridized carbons (Fsp3) is 0.750. The van der Waals surface area contributed by atoms with Crippen LogP contribution in [0.2, 0.25) is 0 Å². The fourth-order valence-corrected chi connectivity index (χ4v) is 1.84. The number of rotatable bonds is 6. The Labute approximate surface area is 101 Å². The zero-order valence-corrected chi connectivity index (χ0v) is 10.1. The Morgan fingerprint density at radius 3 is 3.06 bits per heavy atom. The van der Waals surface area contributed by atoms with Crippen LogP contribution in [0.3, 0.4) is 0 Å². The van der Waals surface area contributed by atoms with E-state index in [0.717, 1.165) is 12.8 Å². The monoisotopic (exact) mass is 238 g/mol. The van der Waals surface area contributed by atoms with Gasteiger partial charge in [-0.15, -0.1) is 0 Å². The summed E-state index contributed by atoms with van der Waals surface area (Å²) in [6.45, 7) is 2.75. The second-order valence-corrected chi connectivity index (χ2v) is 4.07. The number of hydrogen-bond acceptors (Lipinski definition) is 4. The van der Waals surface area contributed by atoms with Crippen molar-refractivity contribution in [2.75, 3.05) is 13.2 Å². The van der Waals surface area contributed by atoms with Gasteiger partial charge in [0, 0.05) is 13.0 Å². The van der Waals surface area contributed by atoms with E-state index in [1.165, 1.54) is 4.90 Å². The molecule has 0 aromatic rings. The fourth-order valence-electron chi connectivity index (χ4n) is 1.84. The summed E-state index contributed by atoms with van der Waals surface area (Å²) in [5.41, 5.74) is 0. The topological polar surface area (TPSA) is 70.4 Å². The zero-order chi connectivity index (χ0) is 12.7. The first kappa shape index (κ1) is 13.5. The van der Waals surface area contributed by atoms with E-state index < -0.39 is 6.04 Å². The van der Waals surface area contributed by atoms with Gasteiger partial charge >= 0.3 is 5.97 Å². The van der Waals surface area contributed by atoms with E-state index in [0.29, 0.717) is 26.0 Å². The Balaban J connectivity index is 2.47. The summed E-state index contributed by atoms with van der Waals surface area (Å²) < 4.78 is 5.11. The largest absolute Gasteiger partial charge is 0.464 e. The number of nitriles is 1. The summed E-state index contributed by atoms with van der Waals surface area (Å²) in [6.07, 6.45) is 2.94. The van der Waals surface area contributed by atoms with Crippen LogP contribution in [0, 0.1) is 11.3 Å². The molecule has 1 rings (SSSR count). The van der Waals surface area contributed by atoms with Crippen LogP contribution in [0.25, 0.3) is 0 Å². The minimum Gasteiger partial charge on any atom is -0.464 e. The number of likely N-dealkylation sites (tertiary alicyclic amines) is 1. The molecule has 0 saturated carbocycles. The molecule has 0 N–H and O–H groups in total. The number of ether oxygens (including phenoxy) is 1. The summed E-state index contributed by atoms with van der Waals surface area (Å²) in [5.74, 6) is -0.389. The second kappa shape index (κ2) is 6.89. The first-order valence-electron chi connectivity index (χ1n) is 6.03. The van der Waals surface area contributed by atoms with Gasteiger partial charge in [0.05, 0.1) is 19.1 Å². The molecular weight excluding hydrogens is 220 g/mol. The Morgan fingerprint density at radius 2 is 2.41 bits per heavy atom. The lowest BCUT2D eigenvalue weighted by Crippen LogP contribution is -2.40. The van der Waals surface area contributed by atoms with E-state index in [1.807, 2.05) is 13.0 Å². The average molecular weight is 238 g/mol. The summed E-state index contributed by atoms with van der Waals surface area (Å²) in [4.78, 5) is 24.7. The highest BCUT2D eigenvalue weighted by atomic mass is 16.5. The Hall–Kier alpha value is -1.57. The van der Waals surface area contributed by atoms with E-state index in [2.05, 4.69) is 0 Å². The second-order valence-electron chi connectivity index (χ2n) is 4.07. The highest BCUT2D eigenvalue weighted by Crippen LogP contribution is 2.20. The Bertz CT molecular complexity index is 322. The molecular formula is C12H18N2O3. The van der Waals surface area contributed by atoms with E-state index in [9.17, 15) is 9.59 Å². The number of esters is 1. The molecule has 1 saturated heterocycles. The van der Waals surface area contributed by atoms with Crippen LogP contribution in [0.1, 0.15) is 39.0 Å². The van der Waals surface area contributed by atoms with E-state index in [4.69, 9.17) is 10.00 Å². The van der Waals surface area contributed by atoms with Crippen molar-refractivity contribution in [3.8, 4) is 6.07 Å². The van der Waals surface area contributed by atoms with Crippen molar-refractivity contribution in [1.29, 1.82) is 5.26 Å². The smallest absolute Gasteiger partial charge is 0.328 e. The third kappa shape index (κ3) is 3.74. The molecule has 0 spiro atoms. The van der Waals surface area contributed by atoms with Crippen molar-refractivity contribution in [2.45, 2.75) is 45.1 Å². The minimum atomic E-state index is -0.479. The van der Waals surface area contributed by atoms with Gasteiger partial charge in [0.15, 0.2) is 0 Å². The number of nitrogens with zero attached hydrogens (tertiary/aromatic N) is 2. The van der Waals surface area contributed by atoms with Crippen LogP contribution in [0.5, 0.6) is 0 Å². The molecule has 0 radical (unpaired) electrons. The summed E-state index contributed by atoms with van der Waals surface area (Å²) in [5, 5.41) is 8.51. The van der Waals surface area contributed by atoms with Crippen molar-refractivity contribution in [3.63, 3.8) is 0 Å². The zero-order valence-electron chi connectivity index (χ0n) is 10.1. The van der Waals surface area contributed by atoms with E-state index >= 15 is 0 Å². The van der Waals surface area contributed by atoms with Crippen LogP contribution in [-0.4, -0.2) is 36.0 Å². The minimum absolute atomic E-state index is 0.0577. The molecule has 1 heterocycles. The first-order valence-corrected chi connectivity index (χ1v) is 6.03. The molecule has 1 amide bonds. The molecule has 0 aromatic heterocycles. The first-order chi connectivity index (χ1) is 8.20. The van der Waals surface area contributed by atoms with Crippen LogP contribution < -0.4 is 0 Å². The third-order valence-electron chi connectivity index (χ3n) is 2.81. The standard InChI is InChI=1S/C12H18N2O3/c1-2-3-9-17-12(16)10-5-6-11(15)14(10)8-4-7-13/h10H,2-6,8-9H2,1H3. The lowest BCUT2D eigenvalue weighted by molar-refractivity contribution is -0.151. The Kier molecular flexibility index (Phi) is 5.47. The SMILES string of the molecule is CCCCOC(=O)C1CCC(=O)N1CCC#N. The van der Waals surface area contributed by atoms with Crippen molar-refractivity contribution < 1.29 is 14.3 Å². The van der Waals surface area contributed by atoms with E-state index in [-0.39, 0.29) is 18.3 Å². The summed E-state index contributed by atoms with van der Waals surface area (Å²) in [7, 11) is 0. The van der Waals surface area contributed by atoms with Crippen molar-refractivity contribution in [3.05, 3.63) is 0 Å². The van der Waals surface area contributed by atoms with Crippen molar-refractivity contribution >= 4 is 11.9 Å². The highest BCUT2D eigenvalue weighted by Gasteiger charge is 2.36. The predicted octanol–water partition coefficient (Wildman–Crippen LogP) is 1.23. The molecule has 0 aromatic carbocycles. The van der Waals surface area contributed by atoms with Gasteiger partial charge in [-0.1, -0.05) is 13.3 Å². The van der Waals surface area contributed by atoms with Crippen LogP contribution >= 0.6 is 0 Å². The van der Waals surface area contributed by atoms with Crippen LogP contribution in [-0.2, 0) is 14.3 Å². The molecule has 1 aliphatic rings. The molecule has 5 heteroatoms. The van der Waals surface area contributed by atoms with Gasteiger partial charge in [0.1, 0.15) is 6.04 Å². The molecule has 5 nitrogen and oxygen atoms in total. The average Bonchev–Trinajstić information content (AvgIpc) is 2.68. The highest BCUT2D eigenvalue weighted by molar-refractivity contribution is 5.88. The lowest BCUT2D eigenvalue weighted by Gasteiger charge is -2.22. The maximum Gasteiger partial charge on any atom is 0.328 e. The van der Waals surface area contributed by atoms with E-state index in [1.54, 1.807) is 0 Å². The van der Waals surface area contributed by atoms with Crippen molar-refractivity contribution in [2.24, 2.45) is 0 Å². The normalized spacial score (nSPS) is 19.2. The van der Waals surface area contributed by atoms with Crippen LogP contribution in [0.15, 0.2) is 0 Å². The number of carbonyl (C=O) groups is 2. The molecule has 94 valence electrons. The maximum absolute atomic E-state index is 11.7. The number of hydrogen-bond donors (Lipinski definition) is 0. The van der Waals surface area contributed by atoms with Crippen LogP contribution in [0.4, 0.5) is 0 Å². The van der Waals surface area contributed by atoms with Gasteiger partial charge in [-0.05, 0) is 12.8 Å². The molecule has 0 bridgehead atoms. The maximum atomic E-state index is 11.7. The van der Waals surface area contributed by atoms with Gasteiger partial charge in [0.25, 0.3) is 0 Å². The Morgan fingerprint density at radius 1 is 1.65 bits per heavy atom. The summed E-state index contributed by atoms with van der Waals surface area (Å²) in [6, 6.07) is 1.50. The molecule has 1 aliphatic heterocycles. The van der Waals surface area contributed by atoms with Gasteiger partial charge in [0.2, 0.25) is 5.91 Å². The van der Waals surface area contributed by atoms with Gasteiger partial charge in [-0.2, -0.15) is 5.26 Å². The number of carbonyl (C=O) groups excluding carboxylic acids is 2. The van der Waals surface area contributed by atoms with Gasteiger partial charge in [-0.25, -0.2) is 4.79 Å². The third-order valence-corrected chi connectivity index (χ3v) is 2.81. The summed E-state index contributed by atoms with van der Waals surface area (Å²) >= 11 is 0. The molecule has 1 unspecified atom stereocenters. The lowest BCUT2D eigenvalue weighted by atomic mass is 10.2. The molecule has 0 aliphatic carbocycles. The quantitative estimate of drug-likeness (QED) is 0.515. The van der Waals surface area contributed by atoms with Gasteiger partial charge in [-0.3, -0.25) is 4.79 Å². The molecule has 17 heavy (non-hydrogen) atoms. The van der Waals surface area contributed by atoms with Crippen molar-refractivity contribution in [1.82, 2.24) is 4.90 Å². The molecule has 1 fully saturated rings. The number of unbranched alkanes of at least 4 members (excludes halogenated alkanes) is 1. The predicted molar refractivity (Wildman–Crippen MR) is 60.8 cm³/mol. The molecule has 1 atom stereocenters. The number of amides is 1.